The molecule has 0 fully saturated rings. The second-order valence-corrected chi connectivity index (χ2v) is 4.92. The predicted molar refractivity (Wildman–Crippen MR) is 78.7 cm³/mol. The van der Waals surface area contributed by atoms with Gasteiger partial charge in [0.1, 0.15) is 0 Å². The third-order valence-electron chi connectivity index (χ3n) is 3.71. The predicted octanol–water partition coefficient (Wildman–Crippen LogP) is 3.66. The van der Waals surface area contributed by atoms with Gasteiger partial charge in [0, 0.05) is 17.6 Å². The van der Waals surface area contributed by atoms with E-state index in [9.17, 15) is 0 Å². The maximum absolute atomic E-state index is 6.21. The third-order valence-corrected chi connectivity index (χ3v) is 3.71. The van der Waals surface area contributed by atoms with Crippen molar-refractivity contribution in [2.45, 2.75) is 33.2 Å². The molecule has 0 aliphatic rings. The summed E-state index contributed by atoms with van der Waals surface area (Å²) in [5, 5.41) is 4.51. The van der Waals surface area contributed by atoms with Gasteiger partial charge in [0.2, 0.25) is 0 Å². The van der Waals surface area contributed by atoms with E-state index in [1.807, 2.05) is 24.3 Å². The van der Waals surface area contributed by atoms with Crippen molar-refractivity contribution in [2.24, 2.45) is 5.92 Å². The molecular weight excluding hydrogens is 222 g/mol. The molecule has 3 nitrogen and oxygen atoms in total. The Hall–Kier alpha value is -1.77. The van der Waals surface area contributed by atoms with Crippen LogP contribution in [0.15, 0.2) is 30.5 Å². The standard InChI is InChI=1S/C15H21N3/c1-4-10(2)11(3)18-14-8-7-13-12(15(14)16)6-5-9-17-13/h5-11,18H,4,16H2,1-3H3. The van der Waals surface area contributed by atoms with Gasteiger partial charge < -0.3 is 11.1 Å². The molecule has 0 radical (unpaired) electrons. The highest BCUT2D eigenvalue weighted by Gasteiger charge is 2.12. The van der Waals surface area contributed by atoms with E-state index >= 15 is 0 Å². The number of nitrogens with zero attached hydrogens (tertiary/aromatic N) is 1. The van der Waals surface area contributed by atoms with Crippen LogP contribution < -0.4 is 11.1 Å². The van der Waals surface area contributed by atoms with Crippen molar-refractivity contribution in [3.05, 3.63) is 30.5 Å². The number of anilines is 2. The number of hydrogen-bond acceptors (Lipinski definition) is 3. The van der Waals surface area contributed by atoms with Crippen LogP contribution in [0, 0.1) is 5.92 Å². The van der Waals surface area contributed by atoms with Gasteiger partial charge in [-0.05, 0) is 37.1 Å². The van der Waals surface area contributed by atoms with Gasteiger partial charge in [-0.1, -0.05) is 20.3 Å². The van der Waals surface area contributed by atoms with E-state index < -0.39 is 0 Å². The van der Waals surface area contributed by atoms with Gasteiger partial charge in [0.15, 0.2) is 0 Å². The normalized spacial score (nSPS) is 14.4. The molecular formula is C15H21N3. The van der Waals surface area contributed by atoms with Crippen molar-refractivity contribution >= 4 is 22.3 Å². The van der Waals surface area contributed by atoms with Crippen LogP contribution >= 0.6 is 0 Å². The smallest absolute Gasteiger partial charge is 0.0724 e. The summed E-state index contributed by atoms with van der Waals surface area (Å²) >= 11 is 0. The van der Waals surface area contributed by atoms with Crippen LogP contribution in [0.5, 0.6) is 0 Å². The number of fused-ring (bicyclic) bond motifs is 1. The first-order valence-corrected chi connectivity index (χ1v) is 6.53. The number of nitrogen functional groups attached to an aromatic ring is 1. The Kier molecular flexibility index (Phi) is 3.70. The highest BCUT2D eigenvalue weighted by Crippen LogP contribution is 2.28. The van der Waals surface area contributed by atoms with E-state index in [1.54, 1.807) is 6.20 Å². The molecule has 0 amide bonds. The maximum atomic E-state index is 6.21. The zero-order valence-electron chi connectivity index (χ0n) is 11.3. The molecule has 2 atom stereocenters. The van der Waals surface area contributed by atoms with E-state index in [2.05, 4.69) is 31.1 Å². The van der Waals surface area contributed by atoms with Gasteiger partial charge in [-0.2, -0.15) is 0 Å². The summed E-state index contributed by atoms with van der Waals surface area (Å²) < 4.78 is 0. The van der Waals surface area contributed by atoms with Gasteiger partial charge in [-0.25, -0.2) is 0 Å². The number of aromatic nitrogens is 1. The molecule has 96 valence electrons. The minimum Gasteiger partial charge on any atom is -0.397 e. The topological polar surface area (TPSA) is 50.9 Å². The van der Waals surface area contributed by atoms with E-state index in [0.29, 0.717) is 12.0 Å². The monoisotopic (exact) mass is 243 g/mol. The minimum atomic E-state index is 0.409. The molecule has 0 aliphatic carbocycles. The van der Waals surface area contributed by atoms with Crippen molar-refractivity contribution < 1.29 is 0 Å². The number of nitrogens with two attached hydrogens (primary N) is 1. The summed E-state index contributed by atoms with van der Waals surface area (Å²) in [4.78, 5) is 4.31. The zero-order valence-corrected chi connectivity index (χ0v) is 11.3. The Morgan fingerprint density at radius 3 is 2.78 bits per heavy atom. The SMILES string of the molecule is CCC(C)C(C)Nc1ccc2ncccc2c1N. The first-order valence-electron chi connectivity index (χ1n) is 6.53. The molecule has 1 aromatic heterocycles. The molecule has 0 spiro atoms. The van der Waals surface area contributed by atoms with Gasteiger partial charge in [0.05, 0.1) is 16.9 Å². The van der Waals surface area contributed by atoms with E-state index in [-0.39, 0.29) is 0 Å². The van der Waals surface area contributed by atoms with Crippen LogP contribution in [0.4, 0.5) is 11.4 Å². The van der Waals surface area contributed by atoms with Crippen LogP contribution in [0.3, 0.4) is 0 Å². The maximum Gasteiger partial charge on any atom is 0.0724 e. The molecule has 2 aromatic rings. The number of nitrogens with one attached hydrogen (secondary N) is 1. The van der Waals surface area contributed by atoms with Crippen molar-refractivity contribution in [1.29, 1.82) is 0 Å². The Morgan fingerprint density at radius 2 is 2.06 bits per heavy atom. The molecule has 1 aromatic carbocycles. The summed E-state index contributed by atoms with van der Waals surface area (Å²) in [7, 11) is 0. The van der Waals surface area contributed by atoms with Gasteiger partial charge in [0.25, 0.3) is 0 Å². The van der Waals surface area contributed by atoms with E-state index in [4.69, 9.17) is 5.73 Å². The van der Waals surface area contributed by atoms with Gasteiger partial charge in [-0.15, -0.1) is 0 Å². The van der Waals surface area contributed by atoms with Crippen LogP contribution in [0.2, 0.25) is 0 Å². The lowest BCUT2D eigenvalue weighted by Crippen LogP contribution is -2.23. The molecule has 2 rings (SSSR count). The van der Waals surface area contributed by atoms with Crippen LogP contribution in [0.1, 0.15) is 27.2 Å². The molecule has 2 unspecified atom stereocenters. The molecule has 0 saturated heterocycles. The molecule has 0 aliphatic heterocycles. The molecule has 1 heterocycles. The van der Waals surface area contributed by atoms with Crippen LogP contribution in [-0.2, 0) is 0 Å². The van der Waals surface area contributed by atoms with Gasteiger partial charge in [-0.3, -0.25) is 4.98 Å². The van der Waals surface area contributed by atoms with Crippen molar-refractivity contribution in [3.8, 4) is 0 Å². The van der Waals surface area contributed by atoms with Crippen LogP contribution in [-0.4, -0.2) is 11.0 Å². The average molecular weight is 243 g/mol. The third kappa shape index (κ3) is 2.40. The summed E-state index contributed by atoms with van der Waals surface area (Å²) in [5.41, 5.74) is 8.94. The van der Waals surface area contributed by atoms with Gasteiger partial charge >= 0.3 is 0 Å². The molecule has 18 heavy (non-hydrogen) atoms. The lowest BCUT2D eigenvalue weighted by Gasteiger charge is -2.22. The Balaban J connectivity index is 2.32. The highest BCUT2D eigenvalue weighted by molar-refractivity contribution is 5.96. The summed E-state index contributed by atoms with van der Waals surface area (Å²) in [6.45, 7) is 6.65. The second-order valence-electron chi connectivity index (χ2n) is 4.92. The fourth-order valence-electron chi connectivity index (χ4n) is 2.04. The Bertz CT molecular complexity index is 536. The fraction of sp³-hybridized carbons (Fsp3) is 0.400. The fourth-order valence-corrected chi connectivity index (χ4v) is 2.04. The highest BCUT2D eigenvalue weighted by atomic mass is 14.9. The quantitative estimate of drug-likeness (QED) is 0.806. The van der Waals surface area contributed by atoms with E-state index in [0.717, 1.165) is 28.7 Å². The van der Waals surface area contributed by atoms with Crippen molar-refractivity contribution in [3.63, 3.8) is 0 Å². The van der Waals surface area contributed by atoms with Crippen LogP contribution in [0.25, 0.3) is 10.9 Å². The molecule has 0 saturated carbocycles. The first-order chi connectivity index (χ1) is 8.63. The zero-order chi connectivity index (χ0) is 13.1. The molecule has 0 bridgehead atoms. The number of benzene rings is 1. The molecule has 3 N–H and O–H groups in total. The number of hydrogen-bond donors (Lipinski definition) is 2. The van der Waals surface area contributed by atoms with Crippen molar-refractivity contribution in [2.75, 3.05) is 11.1 Å². The summed E-state index contributed by atoms with van der Waals surface area (Å²) in [5.74, 6) is 0.619. The average Bonchev–Trinajstić information content (AvgIpc) is 2.41. The largest absolute Gasteiger partial charge is 0.397 e. The summed E-state index contributed by atoms with van der Waals surface area (Å²) in [6, 6.07) is 8.37. The second kappa shape index (κ2) is 5.25. The number of pyridine rings is 1. The minimum absolute atomic E-state index is 0.409. The van der Waals surface area contributed by atoms with Crippen molar-refractivity contribution in [1.82, 2.24) is 4.98 Å². The Morgan fingerprint density at radius 1 is 1.28 bits per heavy atom. The molecule has 3 heteroatoms. The Labute approximate surface area is 108 Å². The summed E-state index contributed by atoms with van der Waals surface area (Å²) in [6.07, 6.45) is 2.94. The lowest BCUT2D eigenvalue weighted by molar-refractivity contribution is 0.495. The lowest BCUT2D eigenvalue weighted by atomic mass is 10.0. The van der Waals surface area contributed by atoms with E-state index in [1.165, 1.54) is 0 Å². The number of rotatable bonds is 4. The first kappa shape index (κ1) is 12.7.